The summed E-state index contributed by atoms with van der Waals surface area (Å²) in [6.45, 7) is 5.82. The summed E-state index contributed by atoms with van der Waals surface area (Å²) in [4.78, 5) is 13.2. The topological polar surface area (TPSA) is 52.9 Å². The lowest BCUT2D eigenvalue weighted by Crippen LogP contribution is -2.11. The number of nitriles is 1. The summed E-state index contributed by atoms with van der Waals surface area (Å²) >= 11 is 1.44. The molecule has 1 amide bonds. The molecule has 0 unspecified atom stereocenters. The van der Waals surface area contributed by atoms with Crippen LogP contribution in [0.1, 0.15) is 31.9 Å². The van der Waals surface area contributed by atoms with Crippen molar-refractivity contribution in [2.24, 2.45) is 0 Å². The van der Waals surface area contributed by atoms with Crippen molar-refractivity contribution in [1.29, 1.82) is 5.26 Å². The molecule has 1 heterocycles. The molecule has 19 heavy (non-hydrogen) atoms. The Morgan fingerprint density at radius 2 is 1.84 bits per heavy atom. The zero-order valence-electron chi connectivity index (χ0n) is 11.1. The maximum absolute atomic E-state index is 12.1. The van der Waals surface area contributed by atoms with Gasteiger partial charge in [-0.15, -0.1) is 11.3 Å². The largest absolute Gasteiger partial charge is 0.312 e. The molecule has 0 spiro atoms. The van der Waals surface area contributed by atoms with E-state index in [2.05, 4.69) is 11.4 Å². The first-order chi connectivity index (χ1) is 9.02. The minimum atomic E-state index is -0.183. The van der Waals surface area contributed by atoms with E-state index >= 15 is 0 Å². The highest BCUT2D eigenvalue weighted by atomic mass is 32.1. The second kappa shape index (κ2) is 5.25. The molecule has 1 N–H and O–H groups in total. The third-order valence-corrected chi connectivity index (χ3v) is 4.16. The second-order valence-electron chi connectivity index (χ2n) is 4.42. The highest BCUT2D eigenvalue weighted by molar-refractivity contribution is 7.16. The number of rotatable bonds is 2. The van der Waals surface area contributed by atoms with Gasteiger partial charge in [0, 0.05) is 10.4 Å². The molecule has 0 aliphatic rings. The number of hydrogen-bond acceptors (Lipinski definition) is 3. The Labute approximate surface area is 116 Å². The molecule has 0 aliphatic heterocycles. The molecular weight excluding hydrogens is 256 g/mol. The Morgan fingerprint density at radius 3 is 2.42 bits per heavy atom. The monoisotopic (exact) mass is 270 g/mol. The minimum absolute atomic E-state index is 0.183. The van der Waals surface area contributed by atoms with Crippen molar-refractivity contribution in [2.75, 3.05) is 5.32 Å². The smallest absolute Gasteiger partial charge is 0.256 e. The summed E-state index contributed by atoms with van der Waals surface area (Å²) in [6.07, 6.45) is 0. The normalized spacial score (nSPS) is 10.0. The summed E-state index contributed by atoms with van der Waals surface area (Å²) in [6, 6.07) is 9.50. The fourth-order valence-corrected chi connectivity index (χ4v) is 2.74. The van der Waals surface area contributed by atoms with Gasteiger partial charge in [-0.2, -0.15) is 5.26 Å². The number of nitrogens with zero attached hydrogens (tertiary/aromatic N) is 1. The lowest BCUT2D eigenvalue weighted by atomic mass is 10.1. The molecule has 0 atom stereocenters. The highest BCUT2D eigenvalue weighted by Crippen LogP contribution is 2.31. The third-order valence-electron chi connectivity index (χ3n) is 3.04. The van der Waals surface area contributed by atoms with Crippen molar-refractivity contribution in [3.8, 4) is 6.07 Å². The van der Waals surface area contributed by atoms with Crippen molar-refractivity contribution < 1.29 is 4.79 Å². The molecule has 3 nitrogen and oxygen atoms in total. The van der Waals surface area contributed by atoms with E-state index in [0.717, 1.165) is 16.0 Å². The molecule has 0 bridgehead atoms. The number of amides is 1. The Morgan fingerprint density at radius 1 is 1.21 bits per heavy atom. The number of thiophene rings is 1. The quantitative estimate of drug-likeness (QED) is 0.902. The van der Waals surface area contributed by atoms with E-state index in [1.807, 2.05) is 32.9 Å². The van der Waals surface area contributed by atoms with E-state index in [0.29, 0.717) is 16.1 Å². The first-order valence-corrected chi connectivity index (χ1v) is 6.72. The molecule has 2 aromatic rings. The van der Waals surface area contributed by atoms with Crippen LogP contribution in [0, 0.1) is 32.1 Å². The lowest BCUT2D eigenvalue weighted by molar-refractivity contribution is 0.102. The van der Waals surface area contributed by atoms with Gasteiger partial charge in [-0.1, -0.05) is 17.7 Å². The first-order valence-electron chi connectivity index (χ1n) is 5.91. The molecule has 4 heteroatoms. The summed E-state index contributed by atoms with van der Waals surface area (Å²) in [5.41, 5.74) is 3.20. The number of anilines is 1. The number of nitrogens with one attached hydrogen (secondary N) is 1. The number of hydrogen-bond donors (Lipinski definition) is 1. The van der Waals surface area contributed by atoms with Gasteiger partial charge < -0.3 is 5.32 Å². The van der Waals surface area contributed by atoms with Crippen molar-refractivity contribution in [3.63, 3.8) is 0 Å². The summed E-state index contributed by atoms with van der Waals surface area (Å²) in [5, 5.41) is 12.6. The van der Waals surface area contributed by atoms with Crippen LogP contribution in [0.3, 0.4) is 0 Å². The van der Waals surface area contributed by atoms with E-state index in [1.54, 1.807) is 12.1 Å². The maximum Gasteiger partial charge on any atom is 0.256 e. The third kappa shape index (κ3) is 2.67. The summed E-state index contributed by atoms with van der Waals surface area (Å²) < 4.78 is 0. The zero-order valence-corrected chi connectivity index (χ0v) is 11.9. The molecular formula is C15H14N2OS. The van der Waals surface area contributed by atoms with Crippen LogP contribution in [0.5, 0.6) is 0 Å². The van der Waals surface area contributed by atoms with Gasteiger partial charge >= 0.3 is 0 Å². The summed E-state index contributed by atoms with van der Waals surface area (Å²) in [5.74, 6) is -0.183. The van der Waals surface area contributed by atoms with Crippen LogP contribution in [0.4, 0.5) is 5.00 Å². The van der Waals surface area contributed by atoms with Crippen LogP contribution in [0.2, 0.25) is 0 Å². The zero-order chi connectivity index (χ0) is 14.0. The van der Waals surface area contributed by atoms with Crippen molar-refractivity contribution in [2.45, 2.75) is 20.8 Å². The molecule has 0 radical (unpaired) electrons. The fraction of sp³-hybridized carbons (Fsp3) is 0.200. The van der Waals surface area contributed by atoms with Gasteiger partial charge in [0.05, 0.1) is 5.56 Å². The molecule has 96 valence electrons. The van der Waals surface area contributed by atoms with Gasteiger partial charge in [-0.05, 0) is 38.5 Å². The minimum Gasteiger partial charge on any atom is -0.312 e. The number of carbonyl (C=O) groups excluding carboxylic acids is 1. The molecule has 2 rings (SSSR count). The SMILES string of the molecule is Cc1ccc(C(=O)Nc2sc(C)c(C)c2C#N)cc1. The van der Waals surface area contributed by atoms with E-state index < -0.39 is 0 Å². The van der Waals surface area contributed by atoms with E-state index in [-0.39, 0.29) is 5.91 Å². The molecule has 0 saturated carbocycles. The predicted octanol–water partition coefficient (Wildman–Crippen LogP) is 3.80. The Kier molecular flexibility index (Phi) is 3.68. The van der Waals surface area contributed by atoms with Crippen LogP contribution in [0.25, 0.3) is 0 Å². The molecule has 0 saturated heterocycles. The van der Waals surface area contributed by atoms with E-state index in [1.165, 1.54) is 11.3 Å². The predicted molar refractivity (Wildman–Crippen MR) is 77.6 cm³/mol. The standard InChI is InChI=1S/C15H14N2OS/c1-9-4-6-12(7-5-9)14(18)17-15-13(8-16)10(2)11(3)19-15/h4-7H,1-3H3,(H,17,18). The van der Waals surface area contributed by atoms with E-state index in [4.69, 9.17) is 5.26 Å². The summed E-state index contributed by atoms with van der Waals surface area (Å²) in [7, 11) is 0. The average Bonchev–Trinajstić information content (AvgIpc) is 2.65. The Hall–Kier alpha value is -2.12. The van der Waals surface area contributed by atoms with Crippen LogP contribution < -0.4 is 5.32 Å². The maximum atomic E-state index is 12.1. The average molecular weight is 270 g/mol. The van der Waals surface area contributed by atoms with Crippen LogP contribution in [-0.4, -0.2) is 5.91 Å². The van der Waals surface area contributed by atoms with Gasteiger partial charge in [0.2, 0.25) is 0 Å². The van der Waals surface area contributed by atoms with Crippen LogP contribution in [0.15, 0.2) is 24.3 Å². The lowest BCUT2D eigenvalue weighted by Gasteiger charge is -2.03. The second-order valence-corrected chi connectivity index (χ2v) is 5.64. The van der Waals surface area contributed by atoms with Crippen LogP contribution in [-0.2, 0) is 0 Å². The molecule has 0 aliphatic carbocycles. The number of aryl methyl sites for hydroxylation is 2. The number of carbonyl (C=O) groups is 1. The van der Waals surface area contributed by atoms with E-state index in [9.17, 15) is 4.79 Å². The molecule has 1 aromatic carbocycles. The Balaban J connectivity index is 2.27. The fourth-order valence-electron chi connectivity index (χ4n) is 1.73. The first kappa shape index (κ1) is 13.3. The van der Waals surface area contributed by atoms with Crippen molar-refractivity contribution in [3.05, 3.63) is 51.4 Å². The highest BCUT2D eigenvalue weighted by Gasteiger charge is 2.15. The van der Waals surface area contributed by atoms with Gasteiger partial charge in [-0.25, -0.2) is 0 Å². The number of benzene rings is 1. The van der Waals surface area contributed by atoms with Gasteiger partial charge in [0.1, 0.15) is 11.1 Å². The van der Waals surface area contributed by atoms with Crippen molar-refractivity contribution >= 4 is 22.2 Å². The van der Waals surface area contributed by atoms with Crippen LogP contribution >= 0.6 is 11.3 Å². The van der Waals surface area contributed by atoms with Gasteiger partial charge in [0.25, 0.3) is 5.91 Å². The molecule has 1 aromatic heterocycles. The van der Waals surface area contributed by atoms with Gasteiger partial charge in [0.15, 0.2) is 0 Å². The van der Waals surface area contributed by atoms with Crippen molar-refractivity contribution in [1.82, 2.24) is 0 Å². The molecule has 0 fully saturated rings. The Bertz CT molecular complexity index is 663. The van der Waals surface area contributed by atoms with Gasteiger partial charge in [-0.3, -0.25) is 4.79 Å².